The molecular weight excluding hydrogens is 409 g/mol. The molecule has 0 heterocycles. The Morgan fingerprint density at radius 3 is 2.58 bits per heavy atom. The van der Waals surface area contributed by atoms with Gasteiger partial charge in [0.25, 0.3) is 5.91 Å². The first-order valence-electron chi connectivity index (χ1n) is 9.54. The average Bonchev–Trinajstić information content (AvgIpc) is 2.76. The number of carbonyl (C=O) groups excluding carboxylic acids is 2. The maximum atomic E-state index is 14.1. The van der Waals surface area contributed by atoms with Gasteiger partial charge < -0.3 is 19.7 Å². The highest BCUT2D eigenvalue weighted by Gasteiger charge is 2.27. The molecule has 0 unspecified atom stereocenters. The van der Waals surface area contributed by atoms with Gasteiger partial charge in [-0.05, 0) is 26.0 Å². The van der Waals surface area contributed by atoms with E-state index in [2.05, 4.69) is 5.32 Å². The van der Waals surface area contributed by atoms with E-state index in [0.717, 1.165) is 0 Å². The fourth-order valence-corrected chi connectivity index (χ4v) is 2.84. The van der Waals surface area contributed by atoms with Gasteiger partial charge in [-0.25, -0.2) is 4.39 Å². The van der Waals surface area contributed by atoms with Gasteiger partial charge in [0.1, 0.15) is 17.6 Å². The predicted octanol–water partition coefficient (Wildman–Crippen LogP) is 2.67. The van der Waals surface area contributed by atoms with Gasteiger partial charge in [0.2, 0.25) is 11.7 Å². The molecule has 31 heavy (non-hydrogen) atoms. The number of hydrogen-bond acceptors (Lipinski definition) is 6. The fraction of sp³-hybridized carbons (Fsp3) is 0.333. The standard InChI is InChI=1S/C21H24FN3O6/c1-4-23-21(27)14(2)24(12-15-7-5-6-8-17(15)22)20(26)13-31-16-9-10-18(25(28)29)19(11-16)30-3/h5-11,14H,4,12-13H2,1-3H3,(H,23,27)/t14-/m1/s1. The number of nitrogens with zero attached hydrogens (tertiary/aromatic N) is 2. The Morgan fingerprint density at radius 2 is 1.97 bits per heavy atom. The molecule has 0 bridgehead atoms. The fourth-order valence-electron chi connectivity index (χ4n) is 2.84. The zero-order valence-corrected chi connectivity index (χ0v) is 17.5. The average molecular weight is 433 g/mol. The molecule has 0 spiro atoms. The molecule has 0 fully saturated rings. The summed E-state index contributed by atoms with van der Waals surface area (Å²) in [5, 5.41) is 13.6. The normalized spacial score (nSPS) is 11.4. The number of halogens is 1. The van der Waals surface area contributed by atoms with Crippen molar-refractivity contribution in [2.45, 2.75) is 26.4 Å². The summed E-state index contributed by atoms with van der Waals surface area (Å²) in [5.74, 6) is -1.28. The lowest BCUT2D eigenvalue weighted by Crippen LogP contribution is -2.49. The molecule has 0 saturated heterocycles. The molecule has 10 heteroatoms. The molecular formula is C21H24FN3O6. The smallest absolute Gasteiger partial charge is 0.311 e. The van der Waals surface area contributed by atoms with Gasteiger partial charge in [0.05, 0.1) is 12.0 Å². The van der Waals surface area contributed by atoms with E-state index in [1.807, 2.05) is 0 Å². The van der Waals surface area contributed by atoms with Crippen molar-refractivity contribution in [3.8, 4) is 11.5 Å². The highest BCUT2D eigenvalue weighted by Crippen LogP contribution is 2.30. The first-order valence-corrected chi connectivity index (χ1v) is 9.54. The molecule has 9 nitrogen and oxygen atoms in total. The summed E-state index contributed by atoms with van der Waals surface area (Å²) in [5.41, 5.74) is 0.0104. The van der Waals surface area contributed by atoms with E-state index in [-0.39, 0.29) is 35.2 Å². The van der Waals surface area contributed by atoms with Crippen molar-refractivity contribution in [3.63, 3.8) is 0 Å². The molecule has 0 aliphatic heterocycles. The summed E-state index contributed by atoms with van der Waals surface area (Å²) in [6.07, 6.45) is 0. The second-order valence-corrected chi connectivity index (χ2v) is 6.56. The van der Waals surface area contributed by atoms with Gasteiger partial charge in [-0.3, -0.25) is 19.7 Å². The van der Waals surface area contributed by atoms with E-state index in [4.69, 9.17) is 9.47 Å². The van der Waals surface area contributed by atoms with Gasteiger partial charge >= 0.3 is 5.69 Å². The largest absolute Gasteiger partial charge is 0.490 e. The van der Waals surface area contributed by atoms with Crippen molar-refractivity contribution >= 4 is 17.5 Å². The third-order valence-electron chi connectivity index (χ3n) is 4.53. The maximum absolute atomic E-state index is 14.1. The molecule has 1 N–H and O–H groups in total. The lowest BCUT2D eigenvalue weighted by atomic mass is 10.1. The highest BCUT2D eigenvalue weighted by molar-refractivity contribution is 5.87. The molecule has 2 aromatic rings. The topological polar surface area (TPSA) is 111 Å². The Balaban J connectivity index is 2.19. The number of carbonyl (C=O) groups is 2. The zero-order chi connectivity index (χ0) is 23.0. The lowest BCUT2D eigenvalue weighted by molar-refractivity contribution is -0.385. The molecule has 2 amide bonds. The monoisotopic (exact) mass is 433 g/mol. The number of nitro groups is 1. The number of likely N-dealkylation sites (N-methyl/N-ethyl adjacent to an activating group) is 1. The SMILES string of the molecule is CCNC(=O)[C@@H](C)N(Cc1ccccc1F)C(=O)COc1ccc([N+](=O)[O-])c(OC)c1. The van der Waals surface area contributed by atoms with Crippen LogP contribution in [0, 0.1) is 15.9 Å². The van der Waals surface area contributed by atoms with Crippen LogP contribution < -0.4 is 14.8 Å². The number of ether oxygens (including phenoxy) is 2. The third kappa shape index (κ3) is 6.14. The Bertz CT molecular complexity index is 952. The van der Waals surface area contributed by atoms with Crippen LogP contribution in [0.3, 0.4) is 0 Å². The predicted molar refractivity (Wildman–Crippen MR) is 110 cm³/mol. The Kier molecular flexibility index (Phi) is 8.30. The number of amides is 2. The minimum atomic E-state index is -0.873. The van der Waals surface area contributed by atoms with E-state index in [1.165, 1.54) is 48.4 Å². The zero-order valence-electron chi connectivity index (χ0n) is 17.5. The Labute approximate surface area is 178 Å². The van der Waals surface area contributed by atoms with Crippen molar-refractivity contribution in [3.05, 3.63) is 64.0 Å². The number of methoxy groups -OCH3 is 1. The van der Waals surface area contributed by atoms with E-state index >= 15 is 0 Å². The van der Waals surface area contributed by atoms with Crippen molar-refractivity contribution in [2.24, 2.45) is 0 Å². The summed E-state index contributed by atoms with van der Waals surface area (Å²) < 4.78 is 24.6. The minimum absolute atomic E-state index is 0.0196. The Morgan fingerprint density at radius 1 is 1.26 bits per heavy atom. The first-order chi connectivity index (χ1) is 14.8. The van der Waals surface area contributed by atoms with Gasteiger partial charge in [-0.15, -0.1) is 0 Å². The summed E-state index contributed by atoms with van der Waals surface area (Å²) in [7, 11) is 1.28. The van der Waals surface area contributed by atoms with E-state index < -0.39 is 29.3 Å². The molecule has 0 aromatic heterocycles. The summed E-state index contributed by atoms with van der Waals surface area (Å²) in [4.78, 5) is 36.8. The quantitative estimate of drug-likeness (QED) is 0.456. The van der Waals surface area contributed by atoms with Gasteiger partial charge in [0.15, 0.2) is 6.61 Å². The molecule has 166 valence electrons. The first kappa shape index (κ1) is 23.6. The van der Waals surface area contributed by atoms with Crippen molar-refractivity contribution in [1.29, 1.82) is 0 Å². The van der Waals surface area contributed by atoms with Crippen molar-refractivity contribution in [2.75, 3.05) is 20.3 Å². The van der Waals surface area contributed by atoms with Gasteiger partial charge in [-0.1, -0.05) is 18.2 Å². The van der Waals surface area contributed by atoms with Crippen LogP contribution >= 0.6 is 0 Å². The summed E-state index contributed by atoms with van der Waals surface area (Å²) in [6.45, 7) is 3.08. The van der Waals surface area contributed by atoms with E-state index in [1.54, 1.807) is 19.9 Å². The van der Waals surface area contributed by atoms with Crippen LogP contribution in [0.1, 0.15) is 19.4 Å². The second-order valence-electron chi connectivity index (χ2n) is 6.56. The van der Waals surface area contributed by atoms with Crippen LogP contribution in [-0.4, -0.2) is 47.9 Å². The summed E-state index contributed by atoms with van der Waals surface area (Å²) >= 11 is 0. The Hall–Kier alpha value is -3.69. The molecule has 0 aliphatic carbocycles. The molecule has 2 rings (SSSR count). The number of rotatable bonds is 10. The van der Waals surface area contributed by atoms with Crippen LogP contribution in [0.4, 0.5) is 10.1 Å². The summed E-state index contributed by atoms with van der Waals surface area (Å²) in [6, 6.07) is 8.93. The second kappa shape index (κ2) is 10.9. The van der Waals surface area contributed by atoms with Crippen LogP contribution in [0.15, 0.2) is 42.5 Å². The molecule has 0 aliphatic rings. The van der Waals surface area contributed by atoms with Gasteiger partial charge in [-0.2, -0.15) is 0 Å². The molecule has 0 radical (unpaired) electrons. The molecule has 2 aromatic carbocycles. The number of hydrogen-bond donors (Lipinski definition) is 1. The minimum Gasteiger partial charge on any atom is -0.490 e. The maximum Gasteiger partial charge on any atom is 0.311 e. The molecule has 1 atom stereocenters. The van der Waals surface area contributed by atoms with Crippen LogP contribution in [0.25, 0.3) is 0 Å². The van der Waals surface area contributed by atoms with Gasteiger partial charge in [0, 0.05) is 30.8 Å². The van der Waals surface area contributed by atoms with Crippen LogP contribution in [0.2, 0.25) is 0 Å². The molecule has 0 saturated carbocycles. The van der Waals surface area contributed by atoms with Crippen molar-refractivity contribution in [1.82, 2.24) is 10.2 Å². The number of benzene rings is 2. The number of nitrogens with one attached hydrogen (secondary N) is 1. The third-order valence-corrected chi connectivity index (χ3v) is 4.53. The van der Waals surface area contributed by atoms with E-state index in [0.29, 0.717) is 6.54 Å². The van der Waals surface area contributed by atoms with Crippen molar-refractivity contribution < 1.29 is 28.4 Å². The van der Waals surface area contributed by atoms with Crippen LogP contribution in [0.5, 0.6) is 11.5 Å². The number of nitro benzene ring substituents is 1. The highest BCUT2D eigenvalue weighted by atomic mass is 19.1. The lowest BCUT2D eigenvalue weighted by Gasteiger charge is -2.28. The van der Waals surface area contributed by atoms with Crippen LogP contribution in [-0.2, 0) is 16.1 Å². The van der Waals surface area contributed by atoms with E-state index in [9.17, 15) is 24.1 Å².